The topological polar surface area (TPSA) is 91.4 Å². The third kappa shape index (κ3) is 3.65. The van der Waals surface area contributed by atoms with Crippen molar-refractivity contribution in [1.82, 2.24) is 4.98 Å². The van der Waals surface area contributed by atoms with Crippen LogP contribution in [0.2, 0.25) is 0 Å². The number of H-pyrrole nitrogens is 1. The summed E-state index contributed by atoms with van der Waals surface area (Å²) in [5.41, 5.74) is 0.680. The van der Waals surface area contributed by atoms with E-state index in [1.54, 1.807) is 0 Å². The van der Waals surface area contributed by atoms with Gasteiger partial charge in [-0.3, -0.25) is 5.32 Å². The van der Waals surface area contributed by atoms with Gasteiger partial charge in [-0.1, -0.05) is 41.7 Å². The molecule has 1 aromatic carbocycles. The first-order chi connectivity index (χ1) is 9.56. The first-order valence-electron chi connectivity index (χ1n) is 5.50. The number of aromatic carboxylic acids is 1. The van der Waals surface area contributed by atoms with Gasteiger partial charge in [-0.2, -0.15) is 0 Å². The van der Waals surface area contributed by atoms with E-state index < -0.39 is 12.1 Å². The molecule has 0 fully saturated rings. The smallest absolute Gasteiger partial charge is 0.412 e. The van der Waals surface area contributed by atoms with Crippen LogP contribution in [0.15, 0.2) is 30.3 Å². The second-order valence-corrected chi connectivity index (χ2v) is 5.40. The van der Waals surface area contributed by atoms with Crippen LogP contribution in [0.25, 0.3) is 0 Å². The monoisotopic (exact) mass is 310 g/mol. The summed E-state index contributed by atoms with van der Waals surface area (Å²) < 4.78 is 5.26. The van der Waals surface area contributed by atoms with Crippen molar-refractivity contribution in [3.63, 3.8) is 0 Å². The molecule has 2 rings (SSSR count). The highest BCUT2D eigenvalue weighted by Gasteiger charge is 2.16. The van der Waals surface area contributed by atoms with Crippen molar-refractivity contribution in [2.24, 2.45) is 0 Å². The van der Waals surface area contributed by atoms with Crippen LogP contribution in [-0.2, 0) is 11.3 Å². The number of aromatic nitrogens is 1. The van der Waals surface area contributed by atoms with Crippen molar-refractivity contribution in [1.29, 1.82) is 0 Å². The number of anilines is 1. The minimum Gasteiger partial charge on any atom is -0.476 e. The number of rotatable bonds is 4. The summed E-state index contributed by atoms with van der Waals surface area (Å²) in [6.45, 7) is 0.102. The van der Waals surface area contributed by atoms with Crippen molar-refractivity contribution in [3.8, 4) is 0 Å². The summed E-state index contributed by atoms with van der Waals surface area (Å²) in [5.74, 6) is -1.20. The summed E-state index contributed by atoms with van der Waals surface area (Å²) in [7, 11) is 0. The Morgan fingerprint density at radius 3 is 2.70 bits per heavy atom. The number of thiazole rings is 1. The number of nitrogens with one attached hydrogen (secondary N) is 2. The van der Waals surface area contributed by atoms with E-state index >= 15 is 0 Å². The molecule has 0 aliphatic rings. The Labute approximate surface area is 123 Å². The molecule has 20 heavy (non-hydrogen) atoms. The highest BCUT2D eigenvalue weighted by molar-refractivity contribution is 7.73. The lowest BCUT2D eigenvalue weighted by Gasteiger charge is -2.05. The van der Waals surface area contributed by atoms with E-state index in [1.807, 2.05) is 30.3 Å². The number of hydrogen-bond donors (Lipinski definition) is 3. The molecule has 0 unspecified atom stereocenters. The van der Waals surface area contributed by atoms with Gasteiger partial charge in [0.05, 0.1) is 0 Å². The fourth-order valence-corrected chi connectivity index (χ4v) is 2.48. The predicted octanol–water partition coefficient (Wildman–Crippen LogP) is 3.25. The van der Waals surface area contributed by atoms with E-state index in [2.05, 4.69) is 10.3 Å². The normalized spacial score (nSPS) is 10.0. The van der Waals surface area contributed by atoms with Crippen LogP contribution in [0.4, 0.5) is 9.80 Å². The lowest BCUT2D eigenvalue weighted by atomic mass is 10.2. The van der Waals surface area contributed by atoms with Gasteiger partial charge < -0.3 is 14.8 Å². The number of carbonyl (C=O) groups excluding carboxylic acids is 1. The van der Waals surface area contributed by atoms with Crippen molar-refractivity contribution in [2.75, 3.05) is 5.32 Å². The summed E-state index contributed by atoms with van der Waals surface area (Å²) in [5, 5.41) is 11.4. The average molecular weight is 310 g/mol. The molecule has 6 nitrogen and oxygen atoms in total. The maximum atomic E-state index is 11.6. The average Bonchev–Trinajstić information content (AvgIpc) is 2.79. The van der Waals surface area contributed by atoms with E-state index in [9.17, 15) is 9.59 Å². The molecular weight excluding hydrogens is 300 g/mol. The molecule has 1 aromatic heterocycles. The number of carboxylic acid groups (broad SMARTS) is 1. The Kier molecular flexibility index (Phi) is 4.49. The number of ether oxygens (including phenoxy) is 1. The summed E-state index contributed by atoms with van der Waals surface area (Å²) in [6, 6.07) is 9.15. The highest BCUT2D eigenvalue weighted by atomic mass is 32.1. The van der Waals surface area contributed by atoms with Gasteiger partial charge in [-0.05, 0) is 17.8 Å². The largest absolute Gasteiger partial charge is 0.476 e. The molecular formula is C12H10N2O4S2. The third-order valence-electron chi connectivity index (χ3n) is 2.29. The number of carbonyl (C=O) groups is 2. The summed E-state index contributed by atoms with van der Waals surface area (Å²) in [6.07, 6.45) is -0.735. The Morgan fingerprint density at radius 2 is 2.05 bits per heavy atom. The first kappa shape index (κ1) is 14.2. The Morgan fingerprint density at radius 1 is 1.35 bits per heavy atom. The number of hydrogen-bond acceptors (Lipinski definition) is 5. The fourth-order valence-electron chi connectivity index (χ4n) is 1.42. The molecule has 0 aliphatic heterocycles. The number of amides is 1. The molecule has 0 aliphatic carbocycles. The number of benzene rings is 1. The molecule has 1 amide bonds. The standard InChI is InChI=1S/C12H10N2O4S2/c15-10(16)8-9(20-12(19)13-8)14-11(17)18-6-7-4-2-1-3-5-7/h1-5H,6H2,(H,13,19)(H,14,17)(H,15,16). The molecule has 0 radical (unpaired) electrons. The molecule has 3 N–H and O–H groups in total. The highest BCUT2D eigenvalue weighted by Crippen LogP contribution is 2.22. The molecule has 0 saturated heterocycles. The van der Waals surface area contributed by atoms with Gasteiger partial charge in [-0.15, -0.1) is 0 Å². The maximum absolute atomic E-state index is 11.6. The Balaban J connectivity index is 1.98. The SMILES string of the molecule is O=C(Nc1sc(=S)[nH]c1C(=O)O)OCc1ccccc1. The molecule has 0 spiro atoms. The second-order valence-electron chi connectivity index (χ2n) is 3.71. The fraction of sp³-hybridized carbons (Fsp3) is 0.0833. The predicted molar refractivity (Wildman–Crippen MR) is 76.7 cm³/mol. The Bertz CT molecular complexity index is 678. The van der Waals surface area contributed by atoms with Crippen LogP contribution in [0.1, 0.15) is 16.1 Å². The van der Waals surface area contributed by atoms with E-state index in [4.69, 9.17) is 22.1 Å². The molecule has 2 aromatic rings. The third-order valence-corrected chi connectivity index (χ3v) is 3.44. The number of carboxylic acids is 1. The van der Waals surface area contributed by atoms with Crippen LogP contribution >= 0.6 is 23.6 Å². The van der Waals surface area contributed by atoms with Gasteiger partial charge in [0.15, 0.2) is 9.65 Å². The second kappa shape index (κ2) is 6.31. The van der Waals surface area contributed by atoms with Crippen LogP contribution in [0, 0.1) is 3.95 Å². The lowest BCUT2D eigenvalue weighted by molar-refractivity contribution is 0.0692. The van der Waals surface area contributed by atoms with Gasteiger partial charge in [0.2, 0.25) is 0 Å². The molecule has 0 atom stereocenters. The quantitative estimate of drug-likeness (QED) is 0.754. The van der Waals surface area contributed by atoms with Crippen LogP contribution in [0.3, 0.4) is 0 Å². The summed E-state index contributed by atoms with van der Waals surface area (Å²) >= 11 is 5.80. The Hall–Kier alpha value is -2.19. The molecule has 8 heteroatoms. The number of aromatic amines is 1. The molecule has 1 heterocycles. The van der Waals surface area contributed by atoms with E-state index in [-0.39, 0.29) is 21.3 Å². The maximum Gasteiger partial charge on any atom is 0.412 e. The minimum atomic E-state index is -1.20. The lowest BCUT2D eigenvalue weighted by Crippen LogP contribution is -2.14. The minimum absolute atomic E-state index is 0.102. The molecule has 104 valence electrons. The van der Waals surface area contributed by atoms with Crippen molar-refractivity contribution < 1.29 is 19.4 Å². The first-order valence-corrected chi connectivity index (χ1v) is 6.73. The zero-order valence-corrected chi connectivity index (χ0v) is 11.7. The van der Waals surface area contributed by atoms with Gasteiger partial charge in [0.1, 0.15) is 11.6 Å². The zero-order valence-electron chi connectivity index (χ0n) is 10.1. The zero-order chi connectivity index (χ0) is 14.5. The molecule has 0 bridgehead atoms. The summed E-state index contributed by atoms with van der Waals surface area (Å²) in [4.78, 5) is 25.0. The molecule has 0 saturated carbocycles. The van der Waals surface area contributed by atoms with Gasteiger partial charge in [0.25, 0.3) is 0 Å². The van der Waals surface area contributed by atoms with Gasteiger partial charge in [0, 0.05) is 0 Å². The van der Waals surface area contributed by atoms with E-state index in [1.165, 1.54) is 0 Å². The van der Waals surface area contributed by atoms with Crippen LogP contribution in [-0.4, -0.2) is 22.2 Å². The van der Waals surface area contributed by atoms with Crippen molar-refractivity contribution in [3.05, 3.63) is 45.5 Å². The van der Waals surface area contributed by atoms with Gasteiger partial charge in [-0.25, -0.2) is 9.59 Å². The van der Waals surface area contributed by atoms with Crippen LogP contribution < -0.4 is 5.32 Å². The van der Waals surface area contributed by atoms with Crippen molar-refractivity contribution in [2.45, 2.75) is 6.61 Å². The van der Waals surface area contributed by atoms with E-state index in [0.717, 1.165) is 16.9 Å². The van der Waals surface area contributed by atoms with Crippen LogP contribution in [0.5, 0.6) is 0 Å². The van der Waals surface area contributed by atoms with Gasteiger partial charge >= 0.3 is 12.1 Å². The van der Waals surface area contributed by atoms with Crippen molar-refractivity contribution >= 4 is 40.6 Å². The van der Waals surface area contributed by atoms with E-state index in [0.29, 0.717) is 0 Å².